The fourth-order valence-corrected chi connectivity index (χ4v) is 5.93. The number of amidine groups is 2. The minimum absolute atomic E-state index is 0.000492. The first kappa shape index (κ1) is 23.5. The van der Waals surface area contributed by atoms with Gasteiger partial charge in [0.05, 0.1) is 10.6 Å². The number of amides is 1. The van der Waals surface area contributed by atoms with Crippen molar-refractivity contribution in [3.05, 3.63) is 111 Å². The van der Waals surface area contributed by atoms with Crippen molar-refractivity contribution >= 4 is 62.3 Å². The Morgan fingerprint density at radius 2 is 1.81 bits per heavy atom. The third-order valence-corrected chi connectivity index (χ3v) is 7.82. The molecule has 3 aromatic carbocycles. The molecular formula is C29H22ClN5OS. The SMILES string of the molecule is Cc1cccc(Cn2c(C)c(/C=C3/C(=N)N4N=C(c5ccccc5Cl)SC4=NC3=O)c3ccccc32)c1. The third kappa shape index (κ3) is 4.10. The highest BCUT2D eigenvalue weighted by molar-refractivity contribution is 8.27. The van der Waals surface area contributed by atoms with Gasteiger partial charge in [-0.1, -0.05) is 77.8 Å². The molecule has 3 heterocycles. The van der Waals surface area contributed by atoms with Crippen LogP contribution in [0.4, 0.5) is 0 Å². The predicted octanol–water partition coefficient (Wildman–Crippen LogP) is 6.63. The van der Waals surface area contributed by atoms with Crippen LogP contribution in [0.5, 0.6) is 0 Å². The van der Waals surface area contributed by atoms with Gasteiger partial charge in [-0.2, -0.15) is 15.1 Å². The Labute approximate surface area is 223 Å². The lowest BCUT2D eigenvalue weighted by molar-refractivity contribution is -0.114. The fourth-order valence-electron chi connectivity index (χ4n) is 4.72. The Morgan fingerprint density at radius 3 is 2.62 bits per heavy atom. The van der Waals surface area contributed by atoms with Gasteiger partial charge in [0.15, 0.2) is 5.84 Å². The molecule has 0 atom stereocenters. The van der Waals surface area contributed by atoms with Gasteiger partial charge in [-0.05, 0) is 49.4 Å². The van der Waals surface area contributed by atoms with E-state index in [1.54, 1.807) is 12.1 Å². The Balaban J connectivity index is 1.42. The molecule has 0 saturated heterocycles. The van der Waals surface area contributed by atoms with Crippen molar-refractivity contribution in [1.82, 2.24) is 9.58 Å². The lowest BCUT2D eigenvalue weighted by Gasteiger charge is -2.20. The Hall–Kier alpha value is -3.94. The predicted molar refractivity (Wildman–Crippen MR) is 153 cm³/mol. The van der Waals surface area contributed by atoms with Crippen LogP contribution in [0.2, 0.25) is 5.02 Å². The number of carbonyl (C=O) groups is 1. The number of para-hydroxylation sites is 1. The van der Waals surface area contributed by atoms with Gasteiger partial charge in [0, 0.05) is 34.3 Å². The molecule has 1 amide bonds. The fraction of sp³-hybridized carbons (Fsp3) is 0.103. The molecule has 6 rings (SSSR count). The van der Waals surface area contributed by atoms with Gasteiger partial charge < -0.3 is 4.57 Å². The minimum Gasteiger partial charge on any atom is -0.340 e. The van der Waals surface area contributed by atoms with Crippen molar-refractivity contribution in [3.63, 3.8) is 0 Å². The first-order valence-corrected chi connectivity index (χ1v) is 13.0. The second-order valence-corrected chi connectivity index (χ2v) is 10.4. The van der Waals surface area contributed by atoms with E-state index in [2.05, 4.69) is 51.9 Å². The van der Waals surface area contributed by atoms with E-state index in [9.17, 15) is 4.79 Å². The average molecular weight is 524 g/mol. The number of hydrogen-bond acceptors (Lipinski definition) is 4. The van der Waals surface area contributed by atoms with Gasteiger partial charge >= 0.3 is 0 Å². The van der Waals surface area contributed by atoms with Gasteiger partial charge in [-0.15, -0.1) is 0 Å². The van der Waals surface area contributed by atoms with Gasteiger partial charge in [-0.25, -0.2) is 0 Å². The van der Waals surface area contributed by atoms with Crippen LogP contribution in [0.25, 0.3) is 17.0 Å². The summed E-state index contributed by atoms with van der Waals surface area (Å²) in [7, 11) is 0. The van der Waals surface area contributed by atoms with E-state index < -0.39 is 5.91 Å². The molecule has 37 heavy (non-hydrogen) atoms. The molecule has 1 aromatic heterocycles. The number of hydrazone groups is 1. The molecule has 1 N–H and O–H groups in total. The molecule has 2 aliphatic heterocycles. The molecule has 0 unspecified atom stereocenters. The van der Waals surface area contributed by atoms with E-state index in [1.165, 1.54) is 27.9 Å². The number of halogens is 1. The maximum atomic E-state index is 13.1. The van der Waals surface area contributed by atoms with Crippen molar-refractivity contribution in [1.29, 1.82) is 5.41 Å². The second-order valence-electron chi connectivity index (χ2n) is 9.00. The summed E-state index contributed by atoms with van der Waals surface area (Å²) in [5.41, 5.74) is 6.35. The Kier molecular flexibility index (Phi) is 5.82. The molecule has 0 bridgehead atoms. The van der Waals surface area contributed by atoms with Crippen molar-refractivity contribution in [2.75, 3.05) is 0 Å². The first-order chi connectivity index (χ1) is 17.9. The smallest absolute Gasteiger partial charge is 0.283 e. The standard InChI is InChI=1S/C29H22ClN5OS/c1-17-8-7-9-19(14-17)16-34-18(2)22(20-10-4-6-13-25(20)34)15-23-26(31)35-29(32-27(23)36)37-28(33-35)21-11-3-5-12-24(21)30/h3-15,31H,16H2,1-2H3/b23-15-,31-26?. The molecule has 182 valence electrons. The maximum Gasteiger partial charge on any atom is 0.283 e. The van der Waals surface area contributed by atoms with Gasteiger partial charge in [0.2, 0.25) is 5.17 Å². The van der Waals surface area contributed by atoms with Crippen molar-refractivity contribution in [3.8, 4) is 0 Å². The molecule has 0 aliphatic carbocycles. The summed E-state index contributed by atoms with van der Waals surface area (Å²) in [6.07, 6.45) is 1.78. The molecule has 0 saturated carbocycles. The van der Waals surface area contributed by atoms with Crippen molar-refractivity contribution in [2.45, 2.75) is 20.4 Å². The molecule has 0 fully saturated rings. The number of fused-ring (bicyclic) bond motifs is 2. The number of carbonyl (C=O) groups excluding carboxylic acids is 1. The number of nitrogens with one attached hydrogen (secondary N) is 1. The highest BCUT2D eigenvalue weighted by Crippen LogP contribution is 2.35. The molecule has 8 heteroatoms. The highest BCUT2D eigenvalue weighted by Gasteiger charge is 2.36. The lowest BCUT2D eigenvalue weighted by Crippen LogP contribution is -2.35. The minimum atomic E-state index is -0.450. The summed E-state index contributed by atoms with van der Waals surface area (Å²) in [6.45, 7) is 4.84. The lowest BCUT2D eigenvalue weighted by atomic mass is 10.1. The quantitative estimate of drug-likeness (QED) is 0.305. The second kappa shape index (κ2) is 9.18. The van der Waals surface area contributed by atoms with Crippen LogP contribution in [0, 0.1) is 19.3 Å². The first-order valence-electron chi connectivity index (χ1n) is 11.8. The number of rotatable bonds is 4. The van der Waals surface area contributed by atoms with E-state index in [-0.39, 0.29) is 11.4 Å². The van der Waals surface area contributed by atoms with Crippen LogP contribution < -0.4 is 0 Å². The van der Waals surface area contributed by atoms with Crippen LogP contribution >= 0.6 is 23.4 Å². The number of hydrogen-bond donors (Lipinski definition) is 1. The molecule has 4 aromatic rings. The molecule has 0 radical (unpaired) electrons. The van der Waals surface area contributed by atoms with E-state index in [1.807, 2.05) is 43.3 Å². The van der Waals surface area contributed by atoms with E-state index in [0.717, 1.165) is 27.7 Å². The zero-order valence-corrected chi connectivity index (χ0v) is 21.8. The highest BCUT2D eigenvalue weighted by atomic mass is 35.5. The van der Waals surface area contributed by atoms with Crippen LogP contribution in [0.1, 0.15) is 27.9 Å². The van der Waals surface area contributed by atoms with Gasteiger partial charge in [0.25, 0.3) is 5.91 Å². The third-order valence-electron chi connectivity index (χ3n) is 6.55. The van der Waals surface area contributed by atoms with Crippen LogP contribution in [0.3, 0.4) is 0 Å². The number of thioether (sulfide) groups is 1. The summed E-state index contributed by atoms with van der Waals surface area (Å²) in [5, 5.41) is 17.4. The molecule has 2 aliphatic rings. The molecule has 6 nitrogen and oxygen atoms in total. The number of aryl methyl sites for hydroxylation is 1. The summed E-state index contributed by atoms with van der Waals surface area (Å²) in [4.78, 5) is 17.4. The summed E-state index contributed by atoms with van der Waals surface area (Å²) in [6, 6.07) is 24.0. The van der Waals surface area contributed by atoms with E-state index >= 15 is 0 Å². The summed E-state index contributed by atoms with van der Waals surface area (Å²) >= 11 is 7.60. The van der Waals surface area contributed by atoms with Crippen LogP contribution in [0.15, 0.2) is 88.5 Å². The monoisotopic (exact) mass is 523 g/mol. The number of aromatic nitrogens is 1. The van der Waals surface area contributed by atoms with Crippen LogP contribution in [-0.2, 0) is 11.3 Å². The maximum absolute atomic E-state index is 13.1. The van der Waals surface area contributed by atoms with E-state index in [4.69, 9.17) is 17.0 Å². The zero-order chi connectivity index (χ0) is 25.7. The van der Waals surface area contributed by atoms with Crippen molar-refractivity contribution in [2.24, 2.45) is 10.1 Å². The number of benzene rings is 3. The summed E-state index contributed by atoms with van der Waals surface area (Å²) in [5.74, 6) is -0.450. The zero-order valence-electron chi connectivity index (χ0n) is 20.2. The van der Waals surface area contributed by atoms with Crippen molar-refractivity contribution < 1.29 is 4.79 Å². The average Bonchev–Trinajstić information content (AvgIpc) is 3.42. The topological polar surface area (TPSA) is 73.8 Å². The van der Waals surface area contributed by atoms with E-state index in [0.29, 0.717) is 21.8 Å². The molecule has 0 spiro atoms. The normalized spacial score (nSPS) is 16.4. The molecular weight excluding hydrogens is 502 g/mol. The van der Waals surface area contributed by atoms with Gasteiger partial charge in [0.1, 0.15) is 5.04 Å². The number of aliphatic imine (C=N–C) groups is 1. The Bertz CT molecular complexity index is 1710. The summed E-state index contributed by atoms with van der Waals surface area (Å²) < 4.78 is 2.25. The number of nitrogens with zero attached hydrogens (tertiary/aromatic N) is 4. The van der Waals surface area contributed by atoms with Gasteiger partial charge in [-0.3, -0.25) is 10.2 Å². The Morgan fingerprint density at radius 1 is 1.03 bits per heavy atom. The van der Waals surface area contributed by atoms with Crippen LogP contribution in [-0.4, -0.2) is 31.5 Å². The largest absolute Gasteiger partial charge is 0.340 e.